The highest BCUT2D eigenvalue weighted by Crippen LogP contribution is 2.54. The topological polar surface area (TPSA) is 112 Å². The van der Waals surface area contributed by atoms with E-state index in [1.54, 1.807) is 25.4 Å². The van der Waals surface area contributed by atoms with Crippen LogP contribution in [0.5, 0.6) is 11.6 Å². The smallest absolute Gasteiger partial charge is 0.326 e. The van der Waals surface area contributed by atoms with Crippen LogP contribution < -0.4 is 14.8 Å². The standard InChI is InChI=1S/C42H49Cl2N7O4/c1-9-55-34-24-35(40(3,4)5)45-25-32(34)38-48-41(6,28-10-14-30(43)15-11-28)42(7,29-12-16-31(44)17-13-29)51(38)39(53)50-22-20-49(21-23-50)26-36(52)47-33-18-19-37(54-8)46-27(33)2/h10-19,24-25H,9,20-23,26H2,1-8H3,(H,47,52)/t41-,42+/m0/s1. The van der Waals surface area contributed by atoms with Crippen LogP contribution >= 0.6 is 23.2 Å². The Kier molecular flexibility index (Phi) is 11.5. The molecule has 11 nitrogen and oxygen atoms in total. The number of nitrogens with zero attached hydrogens (tertiary/aromatic N) is 6. The van der Waals surface area contributed by atoms with Crippen molar-refractivity contribution < 1.29 is 19.1 Å². The molecule has 2 aliphatic heterocycles. The lowest BCUT2D eigenvalue weighted by atomic mass is 9.71. The first-order chi connectivity index (χ1) is 26.1. The predicted octanol–water partition coefficient (Wildman–Crippen LogP) is 8.07. The molecule has 6 rings (SSSR count). The zero-order valence-corrected chi connectivity index (χ0v) is 34.3. The van der Waals surface area contributed by atoms with E-state index in [0.717, 1.165) is 16.8 Å². The first-order valence-corrected chi connectivity index (χ1v) is 19.2. The lowest BCUT2D eigenvalue weighted by Crippen LogP contribution is -2.61. The van der Waals surface area contributed by atoms with Gasteiger partial charge < -0.3 is 19.7 Å². The van der Waals surface area contributed by atoms with Crippen LogP contribution in [0.1, 0.15) is 69.6 Å². The fourth-order valence-corrected chi connectivity index (χ4v) is 7.52. The van der Waals surface area contributed by atoms with Crippen molar-refractivity contribution >= 4 is 46.7 Å². The second kappa shape index (κ2) is 15.8. The number of carbonyl (C=O) groups excluding carboxylic acids is 2. The summed E-state index contributed by atoms with van der Waals surface area (Å²) in [6.45, 7) is 16.5. The highest BCUT2D eigenvalue weighted by atomic mass is 35.5. The molecule has 4 heterocycles. The first-order valence-electron chi connectivity index (χ1n) is 18.5. The van der Waals surface area contributed by atoms with Gasteiger partial charge in [0.05, 0.1) is 37.2 Å². The third kappa shape index (κ3) is 7.88. The van der Waals surface area contributed by atoms with E-state index in [2.05, 4.69) is 31.1 Å². The molecule has 0 unspecified atom stereocenters. The Labute approximate surface area is 333 Å². The van der Waals surface area contributed by atoms with E-state index in [1.807, 2.05) is 97.0 Å². The SMILES string of the molecule is CCOc1cc(C(C)(C)C)ncc1C1=N[C@@](C)(c2ccc(Cl)cc2)[C@@](C)(c2ccc(Cl)cc2)N1C(=O)N1CCN(CC(=O)Nc2ccc(OC)nc2C)CC1. The molecule has 0 radical (unpaired) electrons. The number of hydrogen-bond acceptors (Lipinski definition) is 8. The molecule has 55 heavy (non-hydrogen) atoms. The number of aryl methyl sites for hydroxylation is 1. The largest absolute Gasteiger partial charge is 0.493 e. The van der Waals surface area contributed by atoms with Gasteiger partial charge in [0.1, 0.15) is 22.7 Å². The lowest BCUT2D eigenvalue weighted by Gasteiger charge is -2.47. The minimum atomic E-state index is -1.06. The van der Waals surface area contributed by atoms with Crippen molar-refractivity contribution in [2.45, 2.75) is 65.0 Å². The average Bonchev–Trinajstić information content (AvgIpc) is 3.40. The molecule has 2 atom stereocenters. The molecule has 2 aromatic heterocycles. The molecule has 0 aliphatic carbocycles. The number of amidine groups is 1. The van der Waals surface area contributed by atoms with E-state index < -0.39 is 11.1 Å². The lowest BCUT2D eigenvalue weighted by molar-refractivity contribution is -0.117. The van der Waals surface area contributed by atoms with E-state index >= 15 is 4.79 Å². The van der Waals surface area contributed by atoms with Crippen LogP contribution in [0, 0.1) is 6.92 Å². The van der Waals surface area contributed by atoms with Crippen molar-refractivity contribution in [2.75, 3.05) is 51.8 Å². The number of benzene rings is 2. The highest BCUT2D eigenvalue weighted by Gasteiger charge is 2.60. The van der Waals surface area contributed by atoms with Gasteiger partial charge in [-0.15, -0.1) is 0 Å². The number of pyridine rings is 2. The summed E-state index contributed by atoms with van der Waals surface area (Å²) in [5.74, 6) is 1.36. The molecule has 0 bridgehead atoms. The second-order valence-electron chi connectivity index (χ2n) is 15.3. The third-order valence-corrected chi connectivity index (χ3v) is 11.2. The first kappa shape index (κ1) is 40.0. The zero-order valence-electron chi connectivity index (χ0n) is 32.7. The van der Waals surface area contributed by atoms with Gasteiger partial charge in [0, 0.05) is 65.7 Å². The van der Waals surface area contributed by atoms with Gasteiger partial charge in [-0.05, 0) is 69.2 Å². The molecule has 2 aromatic carbocycles. The van der Waals surface area contributed by atoms with Crippen molar-refractivity contribution in [3.05, 3.63) is 111 Å². The van der Waals surface area contributed by atoms with E-state index in [0.29, 0.717) is 77.2 Å². The molecule has 1 fully saturated rings. The van der Waals surface area contributed by atoms with E-state index in [-0.39, 0.29) is 23.9 Å². The minimum Gasteiger partial charge on any atom is -0.493 e. The van der Waals surface area contributed by atoms with Crippen LogP contribution in [0.15, 0.2) is 77.9 Å². The Bertz CT molecular complexity index is 2080. The summed E-state index contributed by atoms with van der Waals surface area (Å²) in [6.07, 6.45) is 1.77. The Hall–Kier alpha value is -4.71. The second-order valence-corrected chi connectivity index (χ2v) is 16.1. The number of nitrogens with one attached hydrogen (secondary N) is 1. The van der Waals surface area contributed by atoms with Gasteiger partial charge in [0.25, 0.3) is 0 Å². The number of methoxy groups -OCH3 is 1. The number of hydrogen-bond donors (Lipinski definition) is 1. The summed E-state index contributed by atoms with van der Waals surface area (Å²) in [6, 6.07) is 20.4. The van der Waals surface area contributed by atoms with Gasteiger partial charge >= 0.3 is 6.03 Å². The minimum absolute atomic E-state index is 0.160. The van der Waals surface area contributed by atoms with Crippen LogP contribution in [0.3, 0.4) is 0 Å². The van der Waals surface area contributed by atoms with Gasteiger partial charge in [-0.3, -0.25) is 24.6 Å². The summed E-state index contributed by atoms with van der Waals surface area (Å²) in [7, 11) is 1.55. The maximum atomic E-state index is 15.3. The van der Waals surface area contributed by atoms with Crippen molar-refractivity contribution in [1.82, 2.24) is 24.7 Å². The molecule has 1 N–H and O–H groups in total. The molecule has 1 saturated heterocycles. The normalized spacial score (nSPS) is 20.3. The molecule has 4 aromatic rings. The van der Waals surface area contributed by atoms with E-state index in [4.69, 9.17) is 42.7 Å². The summed E-state index contributed by atoms with van der Waals surface area (Å²) in [5.41, 5.74) is 2.17. The predicted molar refractivity (Wildman–Crippen MR) is 218 cm³/mol. The number of aliphatic imine (C=N–C) groups is 1. The summed E-state index contributed by atoms with van der Waals surface area (Å²) in [5, 5.41) is 4.14. The van der Waals surface area contributed by atoms with Gasteiger partial charge in [-0.1, -0.05) is 68.2 Å². The van der Waals surface area contributed by atoms with Crippen molar-refractivity contribution in [3.8, 4) is 11.6 Å². The highest BCUT2D eigenvalue weighted by molar-refractivity contribution is 6.30. The molecular weight excluding hydrogens is 737 g/mol. The van der Waals surface area contributed by atoms with Crippen LogP contribution in [-0.4, -0.2) is 88.9 Å². The molecule has 290 valence electrons. The molecular formula is C42H49Cl2N7O4. The number of amides is 3. The third-order valence-electron chi connectivity index (χ3n) is 10.7. The van der Waals surface area contributed by atoms with Crippen molar-refractivity contribution in [3.63, 3.8) is 0 Å². The van der Waals surface area contributed by atoms with Crippen molar-refractivity contribution in [2.24, 2.45) is 4.99 Å². The van der Waals surface area contributed by atoms with Crippen LogP contribution in [-0.2, 0) is 21.3 Å². The van der Waals surface area contributed by atoms with Crippen LogP contribution in [0.2, 0.25) is 10.0 Å². The van der Waals surface area contributed by atoms with E-state index in [1.165, 1.54) is 0 Å². The number of carbonyl (C=O) groups is 2. The fourth-order valence-electron chi connectivity index (χ4n) is 7.27. The Balaban J connectivity index is 1.38. The Morgan fingerprint density at radius 1 is 0.909 bits per heavy atom. The number of halogens is 2. The number of ether oxygens (including phenoxy) is 2. The monoisotopic (exact) mass is 785 g/mol. The zero-order chi connectivity index (χ0) is 39.7. The van der Waals surface area contributed by atoms with Crippen LogP contribution in [0.25, 0.3) is 0 Å². The summed E-state index contributed by atoms with van der Waals surface area (Å²) < 4.78 is 11.5. The number of piperazine rings is 1. The summed E-state index contributed by atoms with van der Waals surface area (Å²) in [4.78, 5) is 48.9. The number of anilines is 1. The number of urea groups is 1. The Morgan fingerprint density at radius 2 is 1.53 bits per heavy atom. The average molecular weight is 787 g/mol. The van der Waals surface area contributed by atoms with E-state index in [9.17, 15) is 4.79 Å². The number of rotatable bonds is 9. The molecule has 13 heteroatoms. The van der Waals surface area contributed by atoms with Gasteiger partial charge in [-0.2, -0.15) is 0 Å². The van der Waals surface area contributed by atoms with Crippen LogP contribution in [0.4, 0.5) is 10.5 Å². The fraction of sp³-hybridized carbons (Fsp3) is 0.405. The molecule has 0 spiro atoms. The number of aromatic nitrogens is 2. The van der Waals surface area contributed by atoms with Gasteiger partial charge in [0.2, 0.25) is 11.8 Å². The Morgan fingerprint density at radius 3 is 2.09 bits per heavy atom. The molecule has 2 aliphatic rings. The van der Waals surface area contributed by atoms with Gasteiger partial charge in [-0.25, -0.2) is 9.78 Å². The maximum absolute atomic E-state index is 15.3. The summed E-state index contributed by atoms with van der Waals surface area (Å²) >= 11 is 12.8. The molecule has 0 saturated carbocycles. The van der Waals surface area contributed by atoms with Crippen molar-refractivity contribution in [1.29, 1.82) is 0 Å². The van der Waals surface area contributed by atoms with Gasteiger partial charge in [0.15, 0.2) is 0 Å². The quantitative estimate of drug-likeness (QED) is 0.183. The maximum Gasteiger partial charge on any atom is 0.326 e. The molecule has 3 amide bonds.